The summed E-state index contributed by atoms with van der Waals surface area (Å²) in [7, 11) is 0. The van der Waals surface area contributed by atoms with Crippen molar-refractivity contribution in [3.8, 4) is 0 Å². The number of thiophene rings is 1. The number of carbonyl (C=O) groups is 1. The molecular formula is C15H16ClNOS. The molecule has 1 aromatic heterocycles. The van der Waals surface area contributed by atoms with Crippen LogP contribution in [0.4, 0.5) is 0 Å². The fraction of sp³-hybridized carbons (Fsp3) is 0.267. The van der Waals surface area contributed by atoms with Crippen LogP contribution in [0.1, 0.15) is 24.3 Å². The normalized spacial score (nSPS) is 11.3. The zero-order valence-electron chi connectivity index (χ0n) is 10.9. The van der Waals surface area contributed by atoms with Crippen molar-refractivity contribution in [2.75, 3.05) is 0 Å². The number of hydrogen-bond donors (Lipinski definition) is 1. The highest BCUT2D eigenvalue weighted by atomic mass is 35.5. The molecule has 0 unspecified atom stereocenters. The van der Waals surface area contributed by atoms with E-state index in [-0.39, 0.29) is 5.91 Å². The second-order valence-electron chi connectivity index (χ2n) is 4.94. The lowest BCUT2D eigenvalue weighted by Crippen LogP contribution is -2.41. The molecule has 1 aromatic carbocycles. The van der Waals surface area contributed by atoms with Crippen LogP contribution in [0.2, 0.25) is 5.02 Å². The Hall–Kier alpha value is -1.32. The summed E-state index contributed by atoms with van der Waals surface area (Å²) in [5.74, 6) is 0.0208. The van der Waals surface area contributed by atoms with Gasteiger partial charge in [0.2, 0.25) is 5.91 Å². The Balaban J connectivity index is 2.06. The van der Waals surface area contributed by atoms with Crippen molar-refractivity contribution in [1.29, 1.82) is 0 Å². The summed E-state index contributed by atoms with van der Waals surface area (Å²) >= 11 is 7.59. The van der Waals surface area contributed by atoms with E-state index in [1.807, 2.05) is 55.6 Å². The van der Waals surface area contributed by atoms with Gasteiger partial charge in [0.05, 0.1) is 12.0 Å². The van der Waals surface area contributed by atoms with Gasteiger partial charge in [-0.3, -0.25) is 4.79 Å². The first-order valence-corrected chi connectivity index (χ1v) is 7.32. The minimum absolute atomic E-state index is 0.0208. The smallest absolute Gasteiger partial charge is 0.225 e. The van der Waals surface area contributed by atoms with Gasteiger partial charge in [0.25, 0.3) is 0 Å². The predicted octanol–water partition coefficient (Wildman–Crippen LogP) is 4.00. The summed E-state index contributed by atoms with van der Waals surface area (Å²) in [6, 6.07) is 11.5. The number of carbonyl (C=O) groups excluding carboxylic acids is 1. The molecule has 19 heavy (non-hydrogen) atoms. The van der Waals surface area contributed by atoms with Crippen molar-refractivity contribution in [2.45, 2.75) is 25.8 Å². The average molecular weight is 294 g/mol. The fourth-order valence-electron chi connectivity index (χ4n) is 1.91. The van der Waals surface area contributed by atoms with Crippen LogP contribution in [-0.2, 0) is 16.8 Å². The number of rotatable bonds is 4. The Kier molecular flexibility index (Phi) is 4.27. The molecule has 0 aliphatic rings. The van der Waals surface area contributed by atoms with Crippen LogP contribution in [0.15, 0.2) is 41.8 Å². The standard InChI is InChI=1S/C15H16ClNOS/c1-15(2,11-5-3-6-12(16)9-11)17-14(18)10-13-7-4-8-19-13/h3-9H,10H2,1-2H3,(H,17,18). The maximum atomic E-state index is 12.0. The van der Waals surface area contributed by atoms with Crippen LogP contribution in [0, 0.1) is 0 Å². The molecule has 1 amide bonds. The third-order valence-corrected chi connectivity index (χ3v) is 4.02. The van der Waals surface area contributed by atoms with Crippen LogP contribution >= 0.6 is 22.9 Å². The number of hydrogen-bond acceptors (Lipinski definition) is 2. The van der Waals surface area contributed by atoms with Crippen LogP contribution in [-0.4, -0.2) is 5.91 Å². The molecule has 0 radical (unpaired) electrons. The SMILES string of the molecule is CC(C)(NC(=O)Cc1cccs1)c1cccc(Cl)c1. The molecule has 0 saturated carbocycles. The monoisotopic (exact) mass is 293 g/mol. The van der Waals surface area contributed by atoms with Crippen molar-refractivity contribution in [3.05, 3.63) is 57.2 Å². The Morgan fingerprint density at radius 2 is 2.11 bits per heavy atom. The fourth-order valence-corrected chi connectivity index (χ4v) is 2.81. The highest BCUT2D eigenvalue weighted by molar-refractivity contribution is 7.10. The van der Waals surface area contributed by atoms with E-state index in [9.17, 15) is 4.79 Å². The highest BCUT2D eigenvalue weighted by Gasteiger charge is 2.23. The van der Waals surface area contributed by atoms with E-state index in [0.717, 1.165) is 10.4 Å². The van der Waals surface area contributed by atoms with E-state index in [1.165, 1.54) is 0 Å². The first kappa shape index (κ1) is 14.1. The van der Waals surface area contributed by atoms with Crippen molar-refractivity contribution < 1.29 is 4.79 Å². The maximum absolute atomic E-state index is 12.0. The summed E-state index contributed by atoms with van der Waals surface area (Å²) in [6.07, 6.45) is 0.418. The van der Waals surface area contributed by atoms with E-state index < -0.39 is 5.54 Å². The Morgan fingerprint density at radius 3 is 2.74 bits per heavy atom. The molecule has 2 nitrogen and oxygen atoms in total. The predicted molar refractivity (Wildman–Crippen MR) is 80.6 cm³/mol. The number of amides is 1. The maximum Gasteiger partial charge on any atom is 0.225 e. The lowest BCUT2D eigenvalue weighted by atomic mass is 9.94. The van der Waals surface area contributed by atoms with Crippen molar-refractivity contribution >= 4 is 28.8 Å². The molecule has 2 rings (SSSR count). The van der Waals surface area contributed by atoms with Crippen LogP contribution < -0.4 is 5.32 Å². The Labute approximate surface area is 122 Å². The van der Waals surface area contributed by atoms with E-state index in [2.05, 4.69) is 5.32 Å². The van der Waals surface area contributed by atoms with Crippen molar-refractivity contribution in [1.82, 2.24) is 5.32 Å². The molecule has 100 valence electrons. The van der Waals surface area contributed by atoms with Gasteiger partial charge in [0.15, 0.2) is 0 Å². The van der Waals surface area contributed by atoms with Crippen LogP contribution in [0.25, 0.3) is 0 Å². The van der Waals surface area contributed by atoms with Gasteiger partial charge in [-0.15, -0.1) is 11.3 Å². The second-order valence-corrected chi connectivity index (χ2v) is 6.41. The summed E-state index contributed by atoms with van der Waals surface area (Å²) in [5.41, 5.74) is 0.568. The summed E-state index contributed by atoms with van der Waals surface area (Å²) < 4.78 is 0. The summed E-state index contributed by atoms with van der Waals surface area (Å²) in [4.78, 5) is 13.1. The molecular weight excluding hydrogens is 278 g/mol. The number of benzene rings is 1. The number of nitrogens with one attached hydrogen (secondary N) is 1. The second kappa shape index (κ2) is 5.76. The minimum atomic E-state index is -0.431. The molecule has 1 heterocycles. The zero-order valence-corrected chi connectivity index (χ0v) is 12.5. The third-order valence-electron chi connectivity index (χ3n) is 2.91. The van der Waals surface area contributed by atoms with Gasteiger partial charge in [0, 0.05) is 9.90 Å². The molecule has 0 bridgehead atoms. The van der Waals surface area contributed by atoms with Crippen LogP contribution in [0.3, 0.4) is 0 Å². The number of halogens is 1. The van der Waals surface area contributed by atoms with Gasteiger partial charge < -0.3 is 5.32 Å². The zero-order chi connectivity index (χ0) is 13.9. The topological polar surface area (TPSA) is 29.1 Å². The van der Waals surface area contributed by atoms with Crippen molar-refractivity contribution in [3.63, 3.8) is 0 Å². The van der Waals surface area contributed by atoms with Crippen LogP contribution in [0.5, 0.6) is 0 Å². The molecule has 0 aliphatic heterocycles. The lowest BCUT2D eigenvalue weighted by molar-refractivity contribution is -0.122. The summed E-state index contributed by atoms with van der Waals surface area (Å²) in [5, 5.41) is 5.70. The molecule has 0 atom stereocenters. The van der Waals surface area contributed by atoms with E-state index in [4.69, 9.17) is 11.6 Å². The lowest BCUT2D eigenvalue weighted by Gasteiger charge is -2.27. The Bertz CT molecular complexity index is 563. The molecule has 2 aromatic rings. The van der Waals surface area contributed by atoms with E-state index >= 15 is 0 Å². The largest absolute Gasteiger partial charge is 0.347 e. The van der Waals surface area contributed by atoms with Gasteiger partial charge in [-0.1, -0.05) is 29.8 Å². The van der Waals surface area contributed by atoms with Gasteiger partial charge in [-0.25, -0.2) is 0 Å². The minimum Gasteiger partial charge on any atom is -0.347 e. The first-order valence-electron chi connectivity index (χ1n) is 6.07. The molecule has 1 N–H and O–H groups in total. The quantitative estimate of drug-likeness (QED) is 0.907. The van der Waals surface area contributed by atoms with E-state index in [1.54, 1.807) is 11.3 Å². The van der Waals surface area contributed by atoms with E-state index in [0.29, 0.717) is 11.4 Å². The molecule has 4 heteroatoms. The molecule has 0 aliphatic carbocycles. The van der Waals surface area contributed by atoms with Crippen molar-refractivity contribution in [2.24, 2.45) is 0 Å². The van der Waals surface area contributed by atoms with Gasteiger partial charge in [-0.05, 0) is 43.0 Å². The first-order chi connectivity index (χ1) is 8.97. The third kappa shape index (κ3) is 3.82. The molecule has 0 spiro atoms. The molecule has 0 fully saturated rings. The van der Waals surface area contributed by atoms with Gasteiger partial charge in [-0.2, -0.15) is 0 Å². The average Bonchev–Trinajstić information content (AvgIpc) is 2.81. The Morgan fingerprint density at radius 1 is 1.32 bits per heavy atom. The summed E-state index contributed by atoms with van der Waals surface area (Å²) in [6.45, 7) is 3.95. The van der Waals surface area contributed by atoms with Gasteiger partial charge in [0.1, 0.15) is 0 Å². The van der Waals surface area contributed by atoms with Gasteiger partial charge >= 0.3 is 0 Å². The molecule has 0 saturated heterocycles. The highest BCUT2D eigenvalue weighted by Crippen LogP contribution is 2.23.